The number of aromatic nitrogens is 2. The predicted octanol–water partition coefficient (Wildman–Crippen LogP) is 17.2. The summed E-state index contributed by atoms with van der Waals surface area (Å²) in [6.45, 7) is 6.20. The van der Waals surface area contributed by atoms with Gasteiger partial charge in [-0.05, 0) is 206 Å². The van der Waals surface area contributed by atoms with E-state index >= 15 is 0 Å². The molecule has 0 unspecified atom stereocenters. The lowest BCUT2D eigenvalue weighted by atomic mass is 9.67. The standard InChI is InChI=1S/C69H58N4O4S/c1-7-70-63-33-23-45(37-55(63)57-41-51(76-5)29-35-65(57)70)72(43-17-25-49(74-3)26-18-43)47-21-31-53-54-32-22-48(40-62(54)69(61(53)39-47)59-13-9-11-15-67(59)78-68-16-12-10-14-60(68)69)73(44-19-27-50(75-4)28-20-44)46-24-34-64-56(38-46)58-42-52(77-6)30-36-66(58)71(64)8-2/h9-23,25-33,35-42H,7-8,24,34H2,1-6H3. The molecule has 9 aromatic carbocycles. The first-order valence-corrected chi connectivity index (χ1v) is 27.7. The number of hydrogen-bond acceptors (Lipinski definition) is 7. The third kappa shape index (κ3) is 7.13. The molecule has 3 aliphatic rings. The van der Waals surface area contributed by atoms with E-state index in [1.165, 1.54) is 87.4 Å². The number of nitrogens with zero attached hydrogens (tertiary/aromatic N) is 4. The maximum atomic E-state index is 5.81. The number of anilines is 5. The average molecular weight is 1040 g/mol. The van der Waals surface area contributed by atoms with Crippen LogP contribution in [0.2, 0.25) is 0 Å². The van der Waals surface area contributed by atoms with Gasteiger partial charge in [-0.2, -0.15) is 0 Å². The first kappa shape index (κ1) is 47.6. The van der Waals surface area contributed by atoms with Gasteiger partial charge in [0.15, 0.2) is 0 Å². The van der Waals surface area contributed by atoms with Crippen molar-refractivity contribution in [2.45, 2.75) is 55.0 Å². The molecule has 384 valence electrons. The second kappa shape index (κ2) is 18.7. The van der Waals surface area contributed by atoms with E-state index in [9.17, 15) is 0 Å². The molecule has 0 saturated heterocycles. The molecule has 3 heterocycles. The lowest BCUT2D eigenvalue weighted by Crippen LogP contribution is -2.32. The molecule has 0 amide bonds. The minimum absolute atomic E-state index is 0.680. The Morgan fingerprint density at radius 2 is 0.872 bits per heavy atom. The van der Waals surface area contributed by atoms with Crippen LogP contribution in [0.15, 0.2) is 204 Å². The Bertz CT molecular complexity index is 4180. The van der Waals surface area contributed by atoms with Gasteiger partial charge >= 0.3 is 0 Å². The topological polar surface area (TPSA) is 53.3 Å². The van der Waals surface area contributed by atoms with Crippen LogP contribution in [-0.2, 0) is 24.9 Å². The number of fused-ring (bicyclic) bond motifs is 15. The fourth-order valence-electron chi connectivity index (χ4n) is 13.2. The Kier molecular flexibility index (Phi) is 11.4. The smallest absolute Gasteiger partial charge is 0.119 e. The molecule has 0 bridgehead atoms. The Morgan fingerprint density at radius 3 is 1.44 bits per heavy atom. The molecule has 9 heteroatoms. The number of rotatable bonds is 12. The van der Waals surface area contributed by atoms with Gasteiger partial charge in [0.2, 0.25) is 0 Å². The van der Waals surface area contributed by atoms with E-state index in [1.807, 2.05) is 11.8 Å². The maximum Gasteiger partial charge on any atom is 0.119 e. The SMILES string of the molecule is CCn1c2c(c3cc(OC)ccc31)C=C(N(c1ccc(OC)cc1)c1ccc3c(c1)C1(c4ccccc4Sc4ccccc41)c1cc(N(c4ccc(OC)cc4)c4ccc5c(c4)c4cc(OC)ccc4n5CC)ccc1-3)CC2. The molecule has 2 aromatic heterocycles. The maximum absolute atomic E-state index is 5.81. The number of aryl methyl sites for hydroxylation is 2. The summed E-state index contributed by atoms with van der Waals surface area (Å²) in [6.07, 6.45) is 4.21. The first-order valence-electron chi connectivity index (χ1n) is 26.9. The van der Waals surface area contributed by atoms with Crippen molar-refractivity contribution >= 4 is 79.0 Å². The Labute approximate surface area is 459 Å². The zero-order valence-electron chi connectivity index (χ0n) is 44.6. The van der Waals surface area contributed by atoms with Crippen molar-refractivity contribution in [3.63, 3.8) is 0 Å². The van der Waals surface area contributed by atoms with Crippen LogP contribution in [0.4, 0.5) is 28.4 Å². The minimum Gasteiger partial charge on any atom is -0.497 e. The molecule has 78 heavy (non-hydrogen) atoms. The fourth-order valence-corrected chi connectivity index (χ4v) is 14.4. The molecule has 0 N–H and O–H groups in total. The predicted molar refractivity (Wildman–Crippen MR) is 320 cm³/mol. The van der Waals surface area contributed by atoms with Crippen molar-refractivity contribution in [1.29, 1.82) is 0 Å². The number of ether oxygens (including phenoxy) is 4. The minimum atomic E-state index is -0.680. The van der Waals surface area contributed by atoms with E-state index in [2.05, 4.69) is 227 Å². The Morgan fingerprint density at radius 1 is 0.423 bits per heavy atom. The number of allylic oxidation sites excluding steroid dienone is 1. The van der Waals surface area contributed by atoms with Crippen LogP contribution in [0.1, 0.15) is 53.8 Å². The number of hydrogen-bond donors (Lipinski definition) is 0. The van der Waals surface area contributed by atoms with Crippen molar-refractivity contribution in [1.82, 2.24) is 9.13 Å². The summed E-state index contributed by atoms with van der Waals surface area (Å²) in [4.78, 5) is 7.40. The molecule has 0 saturated carbocycles. The van der Waals surface area contributed by atoms with Crippen LogP contribution >= 0.6 is 11.8 Å². The highest BCUT2D eigenvalue weighted by atomic mass is 32.2. The average Bonchev–Trinajstić information content (AvgIpc) is 4.14. The molecule has 11 aromatic rings. The molecule has 0 fully saturated rings. The highest BCUT2D eigenvalue weighted by Gasteiger charge is 2.51. The van der Waals surface area contributed by atoms with Gasteiger partial charge in [-0.1, -0.05) is 60.3 Å². The van der Waals surface area contributed by atoms with Gasteiger partial charge in [-0.3, -0.25) is 0 Å². The summed E-state index contributed by atoms with van der Waals surface area (Å²) in [7, 11) is 6.95. The van der Waals surface area contributed by atoms with Crippen molar-refractivity contribution in [2.24, 2.45) is 0 Å². The summed E-state index contributed by atoms with van der Waals surface area (Å²) in [6, 6.07) is 69.4. The van der Waals surface area contributed by atoms with Crippen molar-refractivity contribution in [3.8, 4) is 34.1 Å². The Balaban J connectivity index is 1.01. The molecule has 2 aliphatic carbocycles. The van der Waals surface area contributed by atoms with Crippen LogP contribution in [0.25, 0.3) is 49.9 Å². The normalized spacial score (nSPS) is 13.6. The molecule has 0 radical (unpaired) electrons. The largest absolute Gasteiger partial charge is 0.497 e. The van der Waals surface area contributed by atoms with E-state index in [0.29, 0.717) is 0 Å². The van der Waals surface area contributed by atoms with Crippen LogP contribution in [0.5, 0.6) is 23.0 Å². The van der Waals surface area contributed by atoms with Gasteiger partial charge in [0, 0.05) is 101 Å². The first-order chi connectivity index (χ1) is 38.4. The molecular weight excluding hydrogens is 981 g/mol. The van der Waals surface area contributed by atoms with E-state index < -0.39 is 5.41 Å². The molecule has 1 aliphatic heterocycles. The van der Waals surface area contributed by atoms with Crippen molar-refractivity contribution < 1.29 is 18.9 Å². The monoisotopic (exact) mass is 1040 g/mol. The van der Waals surface area contributed by atoms with Gasteiger partial charge in [0.05, 0.1) is 33.9 Å². The third-order valence-electron chi connectivity index (χ3n) is 16.7. The molecule has 8 nitrogen and oxygen atoms in total. The van der Waals surface area contributed by atoms with Gasteiger partial charge in [0.1, 0.15) is 23.0 Å². The van der Waals surface area contributed by atoms with E-state index in [1.54, 1.807) is 28.4 Å². The van der Waals surface area contributed by atoms with Gasteiger partial charge in [0.25, 0.3) is 0 Å². The molecule has 1 spiro atoms. The number of methoxy groups -OCH3 is 4. The summed E-state index contributed by atoms with van der Waals surface area (Å²) in [5.41, 5.74) is 19.6. The molecule has 14 rings (SSSR count). The van der Waals surface area contributed by atoms with Crippen molar-refractivity contribution in [3.05, 3.63) is 227 Å². The van der Waals surface area contributed by atoms with Gasteiger partial charge < -0.3 is 37.9 Å². The second-order valence-corrected chi connectivity index (χ2v) is 21.4. The quantitative estimate of drug-likeness (QED) is 0.121. The van der Waals surface area contributed by atoms with Gasteiger partial charge in [-0.25, -0.2) is 0 Å². The van der Waals surface area contributed by atoms with Crippen LogP contribution in [-0.4, -0.2) is 37.6 Å². The highest BCUT2D eigenvalue weighted by Crippen LogP contribution is 2.63. The van der Waals surface area contributed by atoms with Crippen LogP contribution < -0.4 is 28.7 Å². The fraction of sp³-hybridized carbons (Fsp3) is 0.159. The Hall–Kier alpha value is -8.79. The summed E-state index contributed by atoms with van der Waals surface area (Å²) in [5.74, 6) is 3.32. The zero-order chi connectivity index (χ0) is 52.8. The summed E-state index contributed by atoms with van der Waals surface area (Å²) >= 11 is 1.87. The molecular formula is C69H58N4O4S. The van der Waals surface area contributed by atoms with Crippen LogP contribution in [0, 0.1) is 0 Å². The third-order valence-corrected chi connectivity index (χ3v) is 17.8. The van der Waals surface area contributed by atoms with Crippen molar-refractivity contribution in [2.75, 3.05) is 38.2 Å². The second-order valence-electron chi connectivity index (χ2n) is 20.3. The molecule has 0 atom stereocenters. The van der Waals surface area contributed by atoms with E-state index in [4.69, 9.17) is 18.9 Å². The lowest BCUT2D eigenvalue weighted by Gasteiger charge is -2.40. The highest BCUT2D eigenvalue weighted by molar-refractivity contribution is 7.99. The summed E-state index contributed by atoms with van der Waals surface area (Å²) < 4.78 is 28.0. The lowest BCUT2D eigenvalue weighted by molar-refractivity contribution is 0.414. The van der Waals surface area contributed by atoms with E-state index in [0.717, 1.165) is 82.8 Å². The summed E-state index contributed by atoms with van der Waals surface area (Å²) in [5, 5.41) is 3.55. The van der Waals surface area contributed by atoms with Gasteiger partial charge in [-0.15, -0.1) is 0 Å². The zero-order valence-corrected chi connectivity index (χ0v) is 45.5. The van der Waals surface area contributed by atoms with E-state index in [-0.39, 0.29) is 0 Å². The number of benzene rings is 9. The van der Waals surface area contributed by atoms with Crippen LogP contribution in [0.3, 0.4) is 0 Å².